The van der Waals surface area contributed by atoms with Gasteiger partial charge in [-0.25, -0.2) is 0 Å². The highest BCUT2D eigenvalue weighted by molar-refractivity contribution is 6.31. The SMILES string of the molecule is COc1cccc2c1C(=O)c1c(O)c3c(c(O)c1C2=O)CC(O)(C(=O)CN1CCN(c2cccc(C(F)(F)F)c2)CC1)CC3O. The van der Waals surface area contributed by atoms with E-state index in [1.165, 1.54) is 31.4 Å². The van der Waals surface area contributed by atoms with Gasteiger partial charge in [-0.1, -0.05) is 18.2 Å². The van der Waals surface area contributed by atoms with Crippen LogP contribution in [0, 0.1) is 0 Å². The van der Waals surface area contributed by atoms with Crippen molar-refractivity contribution in [2.24, 2.45) is 0 Å². The van der Waals surface area contributed by atoms with Crippen LogP contribution in [0.1, 0.15) is 61.1 Å². The highest BCUT2D eigenvalue weighted by Gasteiger charge is 2.48. The first-order chi connectivity index (χ1) is 21.2. The molecule has 0 radical (unpaired) electrons. The van der Waals surface area contributed by atoms with Crippen molar-refractivity contribution in [3.63, 3.8) is 0 Å². The quantitative estimate of drug-likeness (QED) is 0.244. The molecule has 2 atom stereocenters. The van der Waals surface area contributed by atoms with Crippen molar-refractivity contribution >= 4 is 23.0 Å². The number of phenols is 2. The van der Waals surface area contributed by atoms with E-state index in [0.29, 0.717) is 31.9 Å². The van der Waals surface area contributed by atoms with Gasteiger partial charge >= 0.3 is 6.18 Å². The maximum Gasteiger partial charge on any atom is 0.416 e. The number of fused-ring (bicyclic) bond motifs is 3. The van der Waals surface area contributed by atoms with Crippen LogP contribution >= 0.6 is 0 Å². The third kappa shape index (κ3) is 5.00. The van der Waals surface area contributed by atoms with Gasteiger partial charge in [0.15, 0.2) is 11.6 Å². The standard InChI is InChI=1S/C32H29F3N2O8/c1-45-21-7-3-6-18-24(21)30(43)26-25(27(18)40)28(41)19-13-31(44,14-20(38)23(19)29(26)42)22(39)15-36-8-10-37(11-9-36)17-5-2-4-16(12-17)32(33,34)35/h2-7,12,20,38,41-42,44H,8-11,13-15H2,1H3. The maximum atomic E-state index is 13.5. The van der Waals surface area contributed by atoms with Crippen LogP contribution < -0.4 is 9.64 Å². The molecule has 45 heavy (non-hydrogen) atoms. The summed E-state index contributed by atoms with van der Waals surface area (Å²) in [5, 5.41) is 45.0. The molecule has 3 aromatic carbocycles. The molecule has 4 N–H and O–H groups in total. The minimum atomic E-state index is -4.48. The van der Waals surface area contributed by atoms with E-state index >= 15 is 0 Å². The number of aliphatic hydroxyl groups excluding tert-OH is 1. The van der Waals surface area contributed by atoms with E-state index in [-0.39, 0.29) is 34.5 Å². The highest BCUT2D eigenvalue weighted by Crippen LogP contribution is 2.51. The molecule has 0 saturated carbocycles. The minimum absolute atomic E-state index is 0.0616. The monoisotopic (exact) mass is 626 g/mol. The first-order valence-electron chi connectivity index (χ1n) is 14.2. The number of nitrogens with zero attached hydrogens (tertiary/aromatic N) is 2. The lowest BCUT2D eigenvalue weighted by Crippen LogP contribution is -2.53. The highest BCUT2D eigenvalue weighted by atomic mass is 19.4. The van der Waals surface area contributed by atoms with Crippen molar-refractivity contribution in [2.45, 2.75) is 30.7 Å². The number of hydrogen-bond acceptors (Lipinski definition) is 10. The third-order valence-electron chi connectivity index (χ3n) is 8.89. The van der Waals surface area contributed by atoms with Crippen molar-refractivity contribution in [3.05, 3.63) is 81.4 Å². The number of anilines is 1. The molecule has 1 fully saturated rings. The minimum Gasteiger partial charge on any atom is -0.507 e. The molecule has 2 unspecified atom stereocenters. The van der Waals surface area contributed by atoms with E-state index < -0.39 is 76.3 Å². The first kappa shape index (κ1) is 30.6. The van der Waals surface area contributed by atoms with Crippen LogP contribution in [0.3, 0.4) is 0 Å². The molecule has 0 amide bonds. The Morgan fingerprint density at radius 2 is 1.64 bits per heavy atom. The molecule has 2 aliphatic carbocycles. The van der Waals surface area contributed by atoms with Gasteiger partial charge in [-0.3, -0.25) is 19.3 Å². The number of aromatic hydroxyl groups is 2. The van der Waals surface area contributed by atoms with Crippen molar-refractivity contribution in [2.75, 3.05) is 44.7 Å². The average Bonchev–Trinajstić information content (AvgIpc) is 3.00. The summed E-state index contributed by atoms with van der Waals surface area (Å²) in [6, 6.07) is 9.30. The number of piperazine rings is 1. The Bertz CT molecular complexity index is 1750. The molecule has 1 aliphatic heterocycles. The van der Waals surface area contributed by atoms with Crippen LogP contribution in [0.4, 0.5) is 18.9 Å². The number of benzene rings is 3. The lowest BCUT2D eigenvalue weighted by Gasteiger charge is -2.40. The Kier molecular flexibility index (Phi) is 7.38. The Morgan fingerprint density at radius 3 is 2.31 bits per heavy atom. The number of Topliss-reactive ketones (excluding diaryl/α,β-unsaturated/α-hetero) is 1. The Hall–Kier alpha value is -4.46. The molecule has 236 valence electrons. The van der Waals surface area contributed by atoms with Gasteiger partial charge < -0.3 is 30.1 Å². The molecule has 1 saturated heterocycles. The van der Waals surface area contributed by atoms with E-state index in [4.69, 9.17) is 4.74 Å². The topological polar surface area (TPSA) is 148 Å². The summed E-state index contributed by atoms with van der Waals surface area (Å²) in [7, 11) is 1.31. The number of phenolic OH excluding ortho intramolecular Hbond substituents is 2. The summed E-state index contributed by atoms with van der Waals surface area (Å²) in [5.74, 6) is -3.61. The van der Waals surface area contributed by atoms with Gasteiger partial charge in [0.25, 0.3) is 0 Å². The van der Waals surface area contributed by atoms with Crippen LogP contribution in [0.2, 0.25) is 0 Å². The van der Waals surface area contributed by atoms with Crippen LogP contribution in [0.5, 0.6) is 17.2 Å². The average molecular weight is 627 g/mol. The number of alkyl halides is 3. The third-order valence-corrected chi connectivity index (χ3v) is 8.89. The summed E-state index contributed by atoms with van der Waals surface area (Å²) in [6.45, 7) is 0.993. The molecule has 3 aromatic rings. The van der Waals surface area contributed by atoms with Gasteiger partial charge in [0, 0.05) is 61.4 Å². The van der Waals surface area contributed by atoms with Crippen molar-refractivity contribution < 1.29 is 52.7 Å². The summed E-state index contributed by atoms with van der Waals surface area (Å²) in [5.41, 5.74) is -4.18. The Labute approximate surface area is 254 Å². The fourth-order valence-corrected chi connectivity index (χ4v) is 6.55. The molecule has 0 aromatic heterocycles. The van der Waals surface area contributed by atoms with E-state index in [0.717, 1.165) is 12.1 Å². The molecule has 1 heterocycles. The zero-order valence-electron chi connectivity index (χ0n) is 24.0. The smallest absolute Gasteiger partial charge is 0.416 e. The normalized spacial score (nSPS) is 21.6. The van der Waals surface area contributed by atoms with Gasteiger partial charge in [-0.15, -0.1) is 0 Å². The number of rotatable bonds is 5. The van der Waals surface area contributed by atoms with Crippen LogP contribution in [-0.4, -0.2) is 88.1 Å². The molecular weight excluding hydrogens is 597 g/mol. The van der Waals surface area contributed by atoms with Crippen molar-refractivity contribution in [1.29, 1.82) is 0 Å². The molecule has 0 spiro atoms. The number of ether oxygens (including phenoxy) is 1. The Balaban J connectivity index is 1.23. The molecule has 13 heteroatoms. The molecule has 0 bridgehead atoms. The van der Waals surface area contributed by atoms with Crippen LogP contribution in [0.15, 0.2) is 42.5 Å². The van der Waals surface area contributed by atoms with Gasteiger partial charge in [-0.2, -0.15) is 13.2 Å². The predicted molar refractivity (Wildman–Crippen MR) is 153 cm³/mol. The van der Waals surface area contributed by atoms with E-state index in [2.05, 4.69) is 0 Å². The van der Waals surface area contributed by atoms with Crippen molar-refractivity contribution in [1.82, 2.24) is 4.90 Å². The summed E-state index contributed by atoms with van der Waals surface area (Å²) >= 11 is 0. The van der Waals surface area contributed by atoms with Gasteiger partial charge in [0.1, 0.15) is 22.8 Å². The van der Waals surface area contributed by atoms with Gasteiger partial charge in [0.05, 0.1) is 42.0 Å². The number of carbonyl (C=O) groups excluding carboxylic acids is 3. The fourth-order valence-electron chi connectivity index (χ4n) is 6.55. The Morgan fingerprint density at radius 1 is 0.978 bits per heavy atom. The number of carbonyl (C=O) groups is 3. The fraction of sp³-hybridized carbons (Fsp3) is 0.344. The molecule has 3 aliphatic rings. The van der Waals surface area contributed by atoms with Gasteiger partial charge in [-0.05, 0) is 24.3 Å². The van der Waals surface area contributed by atoms with Crippen LogP contribution in [0.25, 0.3) is 0 Å². The lowest BCUT2D eigenvalue weighted by atomic mass is 9.72. The van der Waals surface area contributed by atoms with Crippen LogP contribution in [-0.2, 0) is 17.4 Å². The second-order valence-corrected chi connectivity index (χ2v) is 11.5. The molecule has 6 rings (SSSR count). The number of ketones is 3. The molecule has 10 nitrogen and oxygen atoms in total. The number of hydrogen-bond donors (Lipinski definition) is 4. The number of methoxy groups -OCH3 is 1. The number of aliphatic hydroxyl groups is 2. The van der Waals surface area contributed by atoms with E-state index in [9.17, 15) is 48.0 Å². The van der Waals surface area contributed by atoms with E-state index in [1.54, 1.807) is 15.9 Å². The first-order valence-corrected chi connectivity index (χ1v) is 14.2. The second kappa shape index (κ2) is 10.9. The zero-order valence-corrected chi connectivity index (χ0v) is 24.0. The summed E-state index contributed by atoms with van der Waals surface area (Å²) in [6.07, 6.45) is -7.23. The van der Waals surface area contributed by atoms with Crippen molar-refractivity contribution in [3.8, 4) is 17.2 Å². The summed E-state index contributed by atoms with van der Waals surface area (Å²) < 4.78 is 44.7. The maximum absolute atomic E-state index is 13.5. The number of halogens is 3. The van der Waals surface area contributed by atoms with E-state index in [1.807, 2.05) is 0 Å². The molecular formula is C32H29F3N2O8. The summed E-state index contributed by atoms with van der Waals surface area (Å²) in [4.78, 5) is 43.9. The lowest BCUT2D eigenvalue weighted by molar-refractivity contribution is -0.143. The van der Waals surface area contributed by atoms with Gasteiger partial charge in [0.2, 0.25) is 5.78 Å². The predicted octanol–water partition coefficient (Wildman–Crippen LogP) is 3.00. The zero-order chi connectivity index (χ0) is 32.4. The second-order valence-electron chi connectivity index (χ2n) is 11.5. The largest absolute Gasteiger partial charge is 0.507 e.